The summed E-state index contributed by atoms with van der Waals surface area (Å²) in [5.41, 5.74) is 2.85. The number of halogens is 1. The van der Waals surface area contributed by atoms with Crippen molar-refractivity contribution < 1.29 is 14.3 Å². The average Bonchev–Trinajstić information content (AvgIpc) is 3.00. The minimum absolute atomic E-state index is 0.109. The van der Waals surface area contributed by atoms with Crippen LogP contribution in [-0.4, -0.2) is 25.6 Å². The topological polar surface area (TPSA) is 59.6 Å². The van der Waals surface area contributed by atoms with Crippen molar-refractivity contribution in [1.29, 1.82) is 0 Å². The van der Waals surface area contributed by atoms with E-state index in [-0.39, 0.29) is 11.4 Å². The van der Waals surface area contributed by atoms with E-state index in [1.807, 2.05) is 30.3 Å². The number of aryl methyl sites for hydroxylation is 1. The molecule has 0 radical (unpaired) electrons. The second-order valence-corrected chi connectivity index (χ2v) is 8.30. The molecule has 3 rings (SSSR count). The van der Waals surface area contributed by atoms with Crippen molar-refractivity contribution >= 4 is 52.0 Å². The molecule has 1 atom stereocenters. The summed E-state index contributed by atoms with van der Waals surface area (Å²) in [6.45, 7) is 2.13. The van der Waals surface area contributed by atoms with E-state index in [0.717, 1.165) is 21.2 Å². The standard InChI is InChI=1S/C20H21IN2O3S/c1-4-12-5-7-15(8-6-12)22-20-23-19(24)17(27-20)10-13-9-14(21)11-16(25-2)18(13)26-3/h5-11,20,22H,4H2,1-3H3,(H,23,24)/b17-10-/t20-/m1/s1. The van der Waals surface area contributed by atoms with Crippen molar-refractivity contribution in [3.8, 4) is 11.5 Å². The molecule has 1 fully saturated rings. The number of ether oxygens (including phenoxy) is 2. The zero-order valence-corrected chi connectivity index (χ0v) is 18.3. The summed E-state index contributed by atoms with van der Waals surface area (Å²) in [5.74, 6) is 1.15. The van der Waals surface area contributed by atoms with Gasteiger partial charge in [-0.15, -0.1) is 0 Å². The number of carbonyl (C=O) groups excluding carboxylic acids is 1. The molecule has 2 aromatic rings. The number of carbonyl (C=O) groups is 1. The fourth-order valence-corrected chi connectivity index (χ4v) is 4.35. The van der Waals surface area contributed by atoms with Gasteiger partial charge in [-0.1, -0.05) is 30.8 Å². The minimum atomic E-state index is -0.216. The summed E-state index contributed by atoms with van der Waals surface area (Å²) in [6.07, 6.45) is 2.84. The van der Waals surface area contributed by atoms with Crippen LogP contribution in [0.3, 0.4) is 0 Å². The van der Waals surface area contributed by atoms with Crippen molar-refractivity contribution in [2.45, 2.75) is 18.8 Å². The van der Waals surface area contributed by atoms with Crippen LogP contribution >= 0.6 is 34.4 Å². The summed E-state index contributed by atoms with van der Waals surface area (Å²) < 4.78 is 11.9. The van der Waals surface area contributed by atoms with E-state index in [1.54, 1.807) is 14.2 Å². The molecule has 2 aromatic carbocycles. The lowest BCUT2D eigenvalue weighted by molar-refractivity contribution is -0.116. The number of hydrogen-bond donors (Lipinski definition) is 2. The molecule has 1 saturated heterocycles. The lowest BCUT2D eigenvalue weighted by Gasteiger charge is -2.13. The Hall–Kier alpha value is -1.87. The second kappa shape index (κ2) is 8.88. The average molecular weight is 496 g/mol. The van der Waals surface area contributed by atoms with Gasteiger partial charge in [-0.25, -0.2) is 0 Å². The number of nitrogens with one attached hydrogen (secondary N) is 2. The molecule has 0 spiro atoms. The predicted octanol–water partition coefficient (Wildman–Crippen LogP) is 4.47. The maximum atomic E-state index is 12.4. The first kappa shape index (κ1) is 19.9. The number of anilines is 1. The number of hydrogen-bond acceptors (Lipinski definition) is 5. The molecular formula is C20H21IN2O3S. The highest BCUT2D eigenvalue weighted by molar-refractivity contribution is 14.1. The molecule has 2 N–H and O–H groups in total. The molecule has 1 aliphatic heterocycles. The van der Waals surface area contributed by atoms with E-state index in [1.165, 1.54) is 17.3 Å². The molecule has 1 amide bonds. The van der Waals surface area contributed by atoms with Crippen molar-refractivity contribution in [3.63, 3.8) is 0 Å². The van der Waals surface area contributed by atoms with E-state index >= 15 is 0 Å². The summed E-state index contributed by atoms with van der Waals surface area (Å²) in [6, 6.07) is 12.1. The molecular weight excluding hydrogens is 475 g/mol. The molecule has 1 aliphatic rings. The molecule has 7 heteroatoms. The highest BCUT2D eigenvalue weighted by atomic mass is 127. The number of benzene rings is 2. The molecule has 0 bridgehead atoms. The third-order valence-electron chi connectivity index (χ3n) is 4.15. The van der Waals surface area contributed by atoms with Crippen LogP contribution < -0.4 is 20.1 Å². The van der Waals surface area contributed by atoms with E-state index in [0.29, 0.717) is 16.4 Å². The van der Waals surface area contributed by atoms with Gasteiger partial charge in [0.1, 0.15) is 0 Å². The second-order valence-electron chi connectivity index (χ2n) is 5.91. The summed E-state index contributed by atoms with van der Waals surface area (Å²) in [7, 11) is 3.20. The molecule has 27 heavy (non-hydrogen) atoms. The fraction of sp³-hybridized carbons (Fsp3) is 0.250. The van der Waals surface area contributed by atoms with Gasteiger partial charge in [0.15, 0.2) is 17.0 Å². The van der Waals surface area contributed by atoms with Crippen molar-refractivity contribution in [2.24, 2.45) is 0 Å². The first-order chi connectivity index (χ1) is 13.0. The molecule has 0 unspecified atom stereocenters. The molecule has 0 saturated carbocycles. The Morgan fingerprint density at radius 3 is 2.59 bits per heavy atom. The Bertz CT molecular complexity index is 868. The zero-order valence-electron chi connectivity index (χ0n) is 15.3. The molecule has 0 aromatic heterocycles. The van der Waals surface area contributed by atoms with E-state index in [9.17, 15) is 4.79 Å². The van der Waals surface area contributed by atoms with E-state index < -0.39 is 0 Å². The van der Waals surface area contributed by atoms with Crippen molar-refractivity contribution in [1.82, 2.24) is 5.32 Å². The van der Waals surface area contributed by atoms with Crippen LogP contribution in [0, 0.1) is 3.57 Å². The SMILES string of the molecule is CCc1ccc(N[C@@H]2NC(=O)/C(=C/c3cc(I)cc(OC)c3OC)S2)cc1. The van der Waals surface area contributed by atoms with Crippen LogP contribution in [0.1, 0.15) is 18.1 Å². The quantitative estimate of drug-likeness (QED) is 0.457. The first-order valence-corrected chi connectivity index (χ1v) is 10.5. The Kier molecular flexibility index (Phi) is 6.54. The lowest BCUT2D eigenvalue weighted by Crippen LogP contribution is -2.30. The molecule has 142 valence electrons. The maximum absolute atomic E-state index is 12.4. The van der Waals surface area contributed by atoms with Gasteiger partial charge in [0.2, 0.25) is 0 Å². The molecule has 0 aliphatic carbocycles. The molecule has 5 nitrogen and oxygen atoms in total. The monoisotopic (exact) mass is 496 g/mol. The highest BCUT2D eigenvalue weighted by Gasteiger charge is 2.27. The normalized spacial score (nSPS) is 17.7. The van der Waals surface area contributed by atoms with E-state index in [2.05, 4.69) is 52.3 Å². The van der Waals surface area contributed by atoms with Gasteiger partial charge in [0.25, 0.3) is 5.91 Å². The Morgan fingerprint density at radius 1 is 1.22 bits per heavy atom. The number of amides is 1. The van der Waals surface area contributed by atoms with Crippen molar-refractivity contribution in [2.75, 3.05) is 19.5 Å². The van der Waals surface area contributed by atoms with Crippen LogP contribution in [0.5, 0.6) is 11.5 Å². The van der Waals surface area contributed by atoms with Crippen molar-refractivity contribution in [3.05, 3.63) is 56.0 Å². The van der Waals surface area contributed by atoms with Gasteiger partial charge in [-0.3, -0.25) is 4.79 Å². The van der Waals surface area contributed by atoms with Gasteiger partial charge in [-0.05, 0) is 64.9 Å². The first-order valence-electron chi connectivity index (χ1n) is 8.50. The maximum Gasteiger partial charge on any atom is 0.260 e. The van der Waals surface area contributed by atoms with Crippen LogP contribution in [0.15, 0.2) is 41.3 Å². The summed E-state index contributed by atoms with van der Waals surface area (Å²) in [5, 5.41) is 6.29. The van der Waals surface area contributed by atoms with Gasteiger partial charge < -0.3 is 20.1 Å². The van der Waals surface area contributed by atoms with Crippen LogP contribution in [0.2, 0.25) is 0 Å². The number of rotatable bonds is 6. The minimum Gasteiger partial charge on any atom is -0.493 e. The Labute approximate surface area is 177 Å². The largest absolute Gasteiger partial charge is 0.493 e. The van der Waals surface area contributed by atoms with Gasteiger partial charge >= 0.3 is 0 Å². The van der Waals surface area contributed by atoms with Gasteiger partial charge in [-0.2, -0.15) is 0 Å². The van der Waals surface area contributed by atoms with Crippen LogP contribution in [0.4, 0.5) is 5.69 Å². The third kappa shape index (κ3) is 4.70. The number of methoxy groups -OCH3 is 2. The lowest BCUT2D eigenvalue weighted by atomic mass is 10.1. The van der Waals surface area contributed by atoms with E-state index in [4.69, 9.17) is 9.47 Å². The fourth-order valence-electron chi connectivity index (χ4n) is 2.76. The van der Waals surface area contributed by atoms with Gasteiger partial charge in [0.05, 0.1) is 19.1 Å². The summed E-state index contributed by atoms with van der Waals surface area (Å²) in [4.78, 5) is 13.0. The zero-order chi connectivity index (χ0) is 19.4. The highest BCUT2D eigenvalue weighted by Crippen LogP contribution is 2.37. The van der Waals surface area contributed by atoms with Gasteiger partial charge in [0, 0.05) is 14.8 Å². The number of thioether (sulfide) groups is 1. The third-order valence-corrected chi connectivity index (χ3v) is 5.80. The Morgan fingerprint density at radius 2 is 1.96 bits per heavy atom. The summed E-state index contributed by atoms with van der Waals surface area (Å²) >= 11 is 3.67. The predicted molar refractivity (Wildman–Crippen MR) is 119 cm³/mol. The molecule has 1 heterocycles. The van der Waals surface area contributed by atoms with Crippen LogP contribution in [0.25, 0.3) is 6.08 Å². The smallest absolute Gasteiger partial charge is 0.260 e. The van der Waals surface area contributed by atoms with Crippen LogP contribution in [-0.2, 0) is 11.2 Å². The Balaban J connectivity index is 1.80.